The minimum absolute atomic E-state index is 0.0146. The van der Waals surface area contributed by atoms with Crippen molar-refractivity contribution in [2.24, 2.45) is 0 Å². The summed E-state index contributed by atoms with van der Waals surface area (Å²) in [6.45, 7) is 3.30. The smallest absolute Gasteiger partial charge is 0.278 e. The molecule has 2 aliphatic heterocycles. The number of carbonyl (C=O) groups is 2. The lowest BCUT2D eigenvalue weighted by Gasteiger charge is -2.23. The van der Waals surface area contributed by atoms with Crippen LogP contribution in [0.2, 0.25) is 0 Å². The van der Waals surface area contributed by atoms with Gasteiger partial charge in [-0.15, -0.1) is 0 Å². The highest BCUT2D eigenvalue weighted by Gasteiger charge is 2.32. The summed E-state index contributed by atoms with van der Waals surface area (Å²) in [6, 6.07) is 10.6. The van der Waals surface area contributed by atoms with Crippen LogP contribution >= 0.6 is 0 Å². The Hall–Kier alpha value is -2.96. The van der Waals surface area contributed by atoms with Crippen LogP contribution < -0.4 is 10.5 Å². The quantitative estimate of drug-likeness (QED) is 0.800. The molecule has 0 radical (unpaired) electrons. The molecule has 2 amide bonds. The monoisotopic (exact) mass is 394 g/mol. The van der Waals surface area contributed by atoms with E-state index >= 15 is 0 Å². The zero-order valence-electron chi connectivity index (χ0n) is 16.7. The van der Waals surface area contributed by atoms with Crippen LogP contribution in [0.5, 0.6) is 0 Å². The second-order valence-electron chi connectivity index (χ2n) is 7.87. The average molecular weight is 394 g/mol. The number of hydrogen-bond donors (Lipinski definition) is 0. The Morgan fingerprint density at radius 1 is 1.03 bits per heavy atom. The third-order valence-corrected chi connectivity index (χ3v) is 5.76. The molecule has 1 saturated heterocycles. The number of aromatic nitrogens is 2. The highest BCUT2D eigenvalue weighted by molar-refractivity contribution is 6.06. The standard InChI is InChI=1S/C22H26N4O3/c1-16-14-17-8-4-5-9-19(17)26(16)22(29)18-10-11-20(27)25(23-18)15-21(28)24-12-6-2-3-7-13-24/h4-5,8-11,16H,2-3,6-7,12-15H2,1H3. The SMILES string of the molecule is CC1Cc2ccccc2N1C(=O)c1ccc(=O)n(CC(=O)N2CCCCCC2)n1. The number of rotatable bonds is 3. The molecule has 7 nitrogen and oxygen atoms in total. The van der Waals surface area contributed by atoms with Gasteiger partial charge in [0.25, 0.3) is 11.5 Å². The average Bonchev–Trinajstić information content (AvgIpc) is 2.87. The van der Waals surface area contributed by atoms with Gasteiger partial charge in [-0.2, -0.15) is 5.10 Å². The fourth-order valence-corrected chi connectivity index (χ4v) is 4.22. The van der Waals surface area contributed by atoms with Gasteiger partial charge in [0.1, 0.15) is 12.2 Å². The van der Waals surface area contributed by atoms with Gasteiger partial charge >= 0.3 is 0 Å². The number of anilines is 1. The number of carbonyl (C=O) groups excluding carboxylic acids is 2. The molecule has 0 bridgehead atoms. The molecule has 1 unspecified atom stereocenters. The normalized spacial score (nSPS) is 19.0. The van der Waals surface area contributed by atoms with Crippen LogP contribution in [0.25, 0.3) is 0 Å². The molecule has 0 saturated carbocycles. The fourth-order valence-electron chi connectivity index (χ4n) is 4.22. The van der Waals surface area contributed by atoms with Gasteiger partial charge in [0.05, 0.1) is 0 Å². The Kier molecular flexibility index (Phi) is 5.47. The van der Waals surface area contributed by atoms with Gasteiger partial charge in [0.15, 0.2) is 0 Å². The van der Waals surface area contributed by atoms with Crippen molar-refractivity contribution >= 4 is 17.5 Å². The lowest BCUT2D eigenvalue weighted by atomic mass is 10.1. The van der Waals surface area contributed by atoms with Crippen molar-refractivity contribution in [1.82, 2.24) is 14.7 Å². The predicted octanol–water partition coefficient (Wildman–Crippen LogP) is 2.24. The van der Waals surface area contributed by atoms with E-state index < -0.39 is 0 Å². The second kappa shape index (κ2) is 8.19. The van der Waals surface area contributed by atoms with Crippen LogP contribution in [-0.2, 0) is 17.8 Å². The van der Waals surface area contributed by atoms with Crippen molar-refractivity contribution in [3.05, 3.63) is 58.0 Å². The Bertz CT molecular complexity index is 976. The molecule has 152 valence electrons. The molecule has 3 heterocycles. The number of hydrogen-bond acceptors (Lipinski definition) is 4. The first-order chi connectivity index (χ1) is 14.0. The van der Waals surface area contributed by atoms with Crippen molar-refractivity contribution in [3.8, 4) is 0 Å². The number of fused-ring (bicyclic) bond motifs is 1. The van der Waals surface area contributed by atoms with Crippen LogP contribution in [0.3, 0.4) is 0 Å². The summed E-state index contributed by atoms with van der Waals surface area (Å²) in [5.41, 5.74) is 1.81. The molecule has 7 heteroatoms. The van der Waals surface area contributed by atoms with Crippen LogP contribution in [0.1, 0.15) is 48.7 Å². The topological polar surface area (TPSA) is 75.5 Å². The van der Waals surface area contributed by atoms with Crippen molar-refractivity contribution in [2.45, 2.75) is 51.6 Å². The molecule has 29 heavy (non-hydrogen) atoms. The lowest BCUT2D eigenvalue weighted by Crippen LogP contribution is -2.40. The van der Waals surface area contributed by atoms with E-state index in [1.54, 1.807) is 9.80 Å². The van der Waals surface area contributed by atoms with Gasteiger partial charge in [0.2, 0.25) is 5.91 Å². The van der Waals surface area contributed by atoms with E-state index in [1.165, 1.54) is 12.1 Å². The zero-order valence-corrected chi connectivity index (χ0v) is 16.7. The minimum Gasteiger partial charge on any atom is -0.341 e. The Balaban J connectivity index is 1.56. The van der Waals surface area contributed by atoms with Crippen molar-refractivity contribution in [3.63, 3.8) is 0 Å². The molecule has 2 aromatic rings. The number of nitrogens with zero attached hydrogens (tertiary/aromatic N) is 4. The summed E-state index contributed by atoms with van der Waals surface area (Å²) < 4.78 is 1.12. The number of para-hydroxylation sites is 1. The Labute approximate surface area is 169 Å². The van der Waals surface area contributed by atoms with E-state index in [0.29, 0.717) is 13.1 Å². The predicted molar refractivity (Wildman–Crippen MR) is 110 cm³/mol. The molecule has 0 spiro atoms. The van der Waals surface area contributed by atoms with E-state index in [9.17, 15) is 14.4 Å². The van der Waals surface area contributed by atoms with Gasteiger partial charge in [-0.05, 0) is 43.9 Å². The minimum atomic E-state index is -0.375. The van der Waals surface area contributed by atoms with E-state index in [1.807, 2.05) is 31.2 Å². The van der Waals surface area contributed by atoms with E-state index in [2.05, 4.69) is 5.10 Å². The molecular formula is C22H26N4O3. The maximum absolute atomic E-state index is 13.2. The second-order valence-corrected chi connectivity index (χ2v) is 7.87. The van der Waals surface area contributed by atoms with Crippen LogP contribution in [-0.4, -0.2) is 45.6 Å². The van der Waals surface area contributed by atoms with Gasteiger partial charge < -0.3 is 9.80 Å². The number of benzene rings is 1. The van der Waals surface area contributed by atoms with Gasteiger partial charge in [-0.25, -0.2) is 4.68 Å². The summed E-state index contributed by atoms with van der Waals surface area (Å²) in [5, 5.41) is 4.25. The van der Waals surface area contributed by atoms with Gasteiger partial charge in [-0.1, -0.05) is 31.0 Å². The maximum atomic E-state index is 13.2. The van der Waals surface area contributed by atoms with Crippen molar-refractivity contribution in [1.29, 1.82) is 0 Å². The highest BCUT2D eigenvalue weighted by atomic mass is 16.2. The first-order valence-electron chi connectivity index (χ1n) is 10.3. The Morgan fingerprint density at radius 3 is 2.52 bits per heavy atom. The largest absolute Gasteiger partial charge is 0.341 e. The molecule has 1 aromatic carbocycles. The summed E-state index contributed by atoms with van der Waals surface area (Å²) in [4.78, 5) is 41.6. The molecule has 1 fully saturated rings. The number of amides is 2. The molecule has 2 aliphatic rings. The van der Waals surface area contributed by atoms with Crippen LogP contribution in [0.15, 0.2) is 41.2 Å². The summed E-state index contributed by atoms with van der Waals surface area (Å²) in [5.74, 6) is -0.371. The van der Waals surface area contributed by atoms with Crippen LogP contribution in [0.4, 0.5) is 5.69 Å². The lowest BCUT2D eigenvalue weighted by molar-refractivity contribution is -0.132. The van der Waals surface area contributed by atoms with Gasteiger partial charge in [-0.3, -0.25) is 14.4 Å². The molecule has 1 atom stereocenters. The number of likely N-dealkylation sites (tertiary alicyclic amines) is 1. The molecule has 0 aliphatic carbocycles. The molecule has 1 aromatic heterocycles. The van der Waals surface area contributed by atoms with Crippen molar-refractivity contribution in [2.75, 3.05) is 18.0 Å². The summed E-state index contributed by atoms with van der Waals surface area (Å²) in [7, 11) is 0. The van der Waals surface area contributed by atoms with E-state index in [4.69, 9.17) is 0 Å². The molecule has 0 N–H and O–H groups in total. The van der Waals surface area contributed by atoms with Crippen molar-refractivity contribution < 1.29 is 9.59 Å². The molecular weight excluding hydrogens is 368 g/mol. The highest BCUT2D eigenvalue weighted by Crippen LogP contribution is 2.32. The third-order valence-electron chi connectivity index (χ3n) is 5.76. The zero-order chi connectivity index (χ0) is 20.4. The Morgan fingerprint density at radius 2 is 1.76 bits per heavy atom. The maximum Gasteiger partial charge on any atom is 0.278 e. The first-order valence-corrected chi connectivity index (χ1v) is 10.3. The first kappa shape index (κ1) is 19.4. The van der Waals surface area contributed by atoms with Crippen LogP contribution in [0, 0.1) is 0 Å². The van der Waals surface area contributed by atoms with E-state index in [0.717, 1.165) is 48.0 Å². The van der Waals surface area contributed by atoms with Gasteiger partial charge in [0, 0.05) is 30.9 Å². The molecule has 4 rings (SSSR count). The third kappa shape index (κ3) is 3.95. The summed E-state index contributed by atoms with van der Waals surface area (Å²) >= 11 is 0. The fraction of sp³-hybridized carbons (Fsp3) is 0.455. The van der Waals surface area contributed by atoms with E-state index in [-0.39, 0.29) is 35.7 Å². The summed E-state index contributed by atoms with van der Waals surface area (Å²) in [6.07, 6.45) is 5.01.